The third kappa shape index (κ3) is 3.56. The van der Waals surface area contributed by atoms with E-state index in [1.165, 1.54) is 12.1 Å². The highest BCUT2D eigenvalue weighted by Crippen LogP contribution is 2.29. The Hall–Kier alpha value is -2.83. The van der Waals surface area contributed by atoms with Gasteiger partial charge in [0.05, 0.1) is 16.6 Å². The van der Waals surface area contributed by atoms with Gasteiger partial charge in [-0.05, 0) is 36.4 Å². The van der Waals surface area contributed by atoms with Crippen molar-refractivity contribution in [2.75, 3.05) is 6.54 Å². The van der Waals surface area contributed by atoms with E-state index >= 15 is 0 Å². The number of hydrogen-bond acceptors (Lipinski definition) is 2. The minimum absolute atomic E-state index is 0.188. The summed E-state index contributed by atoms with van der Waals surface area (Å²) in [4.78, 5) is 19.5. The van der Waals surface area contributed by atoms with Gasteiger partial charge in [0.1, 0.15) is 5.82 Å². The first-order valence-corrected chi connectivity index (χ1v) is 7.32. The van der Waals surface area contributed by atoms with Gasteiger partial charge in [0.25, 0.3) is 5.91 Å². The molecule has 0 radical (unpaired) electrons. The van der Waals surface area contributed by atoms with Crippen LogP contribution in [0.2, 0.25) is 0 Å². The molecule has 24 heavy (non-hydrogen) atoms. The maximum absolute atomic E-state index is 12.5. The number of H-pyrrole nitrogens is 1. The standard InChI is InChI=1S/C17H14F3N3O/c18-17(19,20)12-7-5-11(6-8-12)16(24)21-10-9-15-22-13-3-1-2-4-14(13)23-15/h1-8H,9-10H2,(H,21,24)(H,22,23). The van der Waals surface area contributed by atoms with Gasteiger partial charge >= 0.3 is 6.18 Å². The van der Waals surface area contributed by atoms with E-state index in [2.05, 4.69) is 15.3 Å². The molecular formula is C17H14F3N3O. The van der Waals surface area contributed by atoms with Crippen LogP contribution in [0.5, 0.6) is 0 Å². The molecule has 0 atom stereocenters. The number of benzene rings is 2. The summed E-state index contributed by atoms with van der Waals surface area (Å²) in [7, 11) is 0. The number of carbonyl (C=O) groups is 1. The molecule has 0 aliphatic heterocycles. The number of hydrogen-bond donors (Lipinski definition) is 2. The first kappa shape index (κ1) is 16.0. The average Bonchev–Trinajstić information content (AvgIpc) is 2.96. The number of alkyl halides is 3. The molecule has 124 valence electrons. The zero-order valence-corrected chi connectivity index (χ0v) is 12.5. The van der Waals surface area contributed by atoms with E-state index in [-0.39, 0.29) is 5.56 Å². The first-order chi connectivity index (χ1) is 11.4. The van der Waals surface area contributed by atoms with Crippen LogP contribution in [0.1, 0.15) is 21.7 Å². The Morgan fingerprint density at radius 3 is 2.46 bits per heavy atom. The zero-order valence-electron chi connectivity index (χ0n) is 12.5. The number of amides is 1. The van der Waals surface area contributed by atoms with E-state index in [1.807, 2.05) is 24.3 Å². The highest BCUT2D eigenvalue weighted by atomic mass is 19.4. The molecule has 1 heterocycles. The van der Waals surface area contributed by atoms with Gasteiger partial charge in [0, 0.05) is 18.5 Å². The van der Waals surface area contributed by atoms with Gasteiger partial charge in [-0.25, -0.2) is 4.98 Å². The molecule has 1 aromatic heterocycles. The van der Waals surface area contributed by atoms with E-state index < -0.39 is 17.6 Å². The Labute approximate surface area is 135 Å². The van der Waals surface area contributed by atoms with Crippen LogP contribution in [-0.2, 0) is 12.6 Å². The van der Waals surface area contributed by atoms with E-state index in [1.54, 1.807) is 0 Å². The Morgan fingerprint density at radius 2 is 1.79 bits per heavy atom. The van der Waals surface area contributed by atoms with Crippen molar-refractivity contribution >= 4 is 16.9 Å². The number of aromatic nitrogens is 2. The molecule has 0 saturated carbocycles. The van der Waals surface area contributed by atoms with E-state index in [9.17, 15) is 18.0 Å². The summed E-state index contributed by atoms with van der Waals surface area (Å²) in [6, 6.07) is 11.7. The Bertz CT molecular complexity index is 820. The molecule has 3 aromatic rings. The van der Waals surface area contributed by atoms with Crippen LogP contribution in [0.25, 0.3) is 11.0 Å². The van der Waals surface area contributed by atoms with Crippen LogP contribution in [0.15, 0.2) is 48.5 Å². The Morgan fingerprint density at radius 1 is 1.08 bits per heavy atom. The van der Waals surface area contributed by atoms with Crippen LogP contribution < -0.4 is 5.32 Å². The van der Waals surface area contributed by atoms with Crippen LogP contribution in [0.4, 0.5) is 13.2 Å². The molecule has 0 aliphatic carbocycles. The van der Waals surface area contributed by atoms with Crippen molar-refractivity contribution in [1.82, 2.24) is 15.3 Å². The molecule has 0 spiro atoms. The monoisotopic (exact) mass is 333 g/mol. The van der Waals surface area contributed by atoms with Gasteiger partial charge in [0.2, 0.25) is 0 Å². The summed E-state index contributed by atoms with van der Waals surface area (Å²) >= 11 is 0. The maximum atomic E-state index is 12.5. The summed E-state index contributed by atoms with van der Waals surface area (Å²) in [5.74, 6) is 0.323. The quantitative estimate of drug-likeness (QED) is 0.767. The van der Waals surface area contributed by atoms with Crippen molar-refractivity contribution in [3.8, 4) is 0 Å². The fourth-order valence-corrected chi connectivity index (χ4v) is 2.33. The molecule has 0 bridgehead atoms. The molecule has 7 heteroatoms. The van der Waals surface area contributed by atoms with Crippen LogP contribution >= 0.6 is 0 Å². The fourth-order valence-electron chi connectivity index (χ4n) is 2.33. The summed E-state index contributed by atoms with van der Waals surface area (Å²) in [6.45, 7) is 0.333. The number of para-hydroxylation sites is 2. The lowest BCUT2D eigenvalue weighted by atomic mass is 10.1. The van der Waals surface area contributed by atoms with Gasteiger partial charge in [-0.2, -0.15) is 13.2 Å². The van der Waals surface area contributed by atoms with Gasteiger partial charge in [-0.3, -0.25) is 4.79 Å². The molecule has 1 amide bonds. The lowest BCUT2D eigenvalue weighted by Gasteiger charge is -2.08. The highest BCUT2D eigenvalue weighted by Gasteiger charge is 2.30. The van der Waals surface area contributed by atoms with Crippen molar-refractivity contribution in [3.63, 3.8) is 0 Å². The van der Waals surface area contributed by atoms with Crippen molar-refractivity contribution in [3.05, 3.63) is 65.5 Å². The molecule has 2 aromatic carbocycles. The second-order valence-electron chi connectivity index (χ2n) is 5.28. The SMILES string of the molecule is O=C(NCCc1nc2ccccc2[nH]1)c1ccc(C(F)(F)F)cc1. The highest BCUT2D eigenvalue weighted by molar-refractivity contribution is 5.94. The van der Waals surface area contributed by atoms with Crippen molar-refractivity contribution < 1.29 is 18.0 Å². The number of fused-ring (bicyclic) bond motifs is 1. The molecule has 4 nitrogen and oxygen atoms in total. The normalized spacial score (nSPS) is 11.6. The third-order valence-corrected chi connectivity index (χ3v) is 3.56. The smallest absolute Gasteiger partial charge is 0.352 e. The predicted octanol–water partition coefficient (Wildman–Crippen LogP) is 3.55. The summed E-state index contributed by atoms with van der Waals surface area (Å²) in [5, 5.41) is 2.67. The second-order valence-corrected chi connectivity index (χ2v) is 5.28. The molecule has 3 rings (SSSR count). The Balaban J connectivity index is 1.57. The molecule has 0 fully saturated rings. The zero-order chi connectivity index (χ0) is 17.2. The molecule has 0 aliphatic rings. The van der Waals surface area contributed by atoms with E-state index in [0.717, 1.165) is 29.0 Å². The van der Waals surface area contributed by atoms with Crippen LogP contribution in [-0.4, -0.2) is 22.4 Å². The number of carbonyl (C=O) groups excluding carboxylic acids is 1. The van der Waals surface area contributed by atoms with Gasteiger partial charge < -0.3 is 10.3 Å². The molecule has 0 unspecified atom stereocenters. The maximum Gasteiger partial charge on any atom is 0.416 e. The van der Waals surface area contributed by atoms with E-state index in [4.69, 9.17) is 0 Å². The number of nitrogens with zero attached hydrogens (tertiary/aromatic N) is 1. The topological polar surface area (TPSA) is 57.8 Å². The number of imidazole rings is 1. The number of nitrogens with one attached hydrogen (secondary N) is 2. The molecule has 0 saturated heterocycles. The Kier molecular flexibility index (Phi) is 4.24. The summed E-state index contributed by atoms with van der Waals surface area (Å²) in [6.07, 6.45) is -3.91. The number of aromatic amines is 1. The number of rotatable bonds is 4. The van der Waals surface area contributed by atoms with Crippen LogP contribution in [0, 0.1) is 0 Å². The van der Waals surface area contributed by atoms with Crippen molar-refractivity contribution in [2.45, 2.75) is 12.6 Å². The second kappa shape index (κ2) is 6.35. The predicted molar refractivity (Wildman–Crippen MR) is 83.6 cm³/mol. The largest absolute Gasteiger partial charge is 0.416 e. The van der Waals surface area contributed by atoms with Gasteiger partial charge in [0.15, 0.2) is 0 Å². The van der Waals surface area contributed by atoms with Gasteiger partial charge in [-0.1, -0.05) is 12.1 Å². The molecular weight excluding hydrogens is 319 g/mol. The average molecular weight is 333 g/mol. The summed E-state index contributed by atoms with van der Waals surface area (Å²) < 4.78 is 37.5. The van der Waals surface area contributed by atoms with Crippen LogP contribution in [0.3, 0.4) is 0 Å². The van der Waals surface area contributed by atoms with Gasteiger partial charge in [-0.15, -0.1) is 0 Å². The van der Waals surface area contributed by atoms with Crippen molar-refractivity contribution in [1.29, 1.82) is 0 Å². The lowest BCUT2D eigenvalue weighted by Crippen LogP contribution is -2.26. The minimum Gasteiger partial charge on any atom is -0.352 e. The lowest BCUT2D eigenvalue weighted by molar-refractivity contribution is -0.137. The van der Waals surface area contributed by atoms with Crippen molar-refractivity contribution in [2.24, 2.45) is 0 Å². The van der Waals surface area contributed by atoms with E-state index in [0.29, 0.717) is 13.0 Å². The number of halogens is 3. The minimum atomic E-state index is -4.41. The summed E-state index contributed by atoms with van der Waals surface area (Å²) in [5.41, 5.74) is 1.18. The first-order valence-electron chi connectivity index (χ1n) is 7.32. The fraction of sp³-hybridized carbons (Fsp3) is 0.176. The third-order valence-electron chi connectivity index (χ3n) is 3.56. The molecule has 2 N–H and O–H groups in total.